The Labute approximate surface area is 127 Å². The lowest BCUT2D eigenvalue weighted by Crippen LogP contribution is -2.10. The summed E-state index contributed by atoms with van der Waals surface area (Å²) in [5, 5.41) is 0. The first-order valence-corrected chi connectivity index (χ1v) is 9.47. The molecule has 1 nitrogen and oxygen atoms in total. The van der Waals surface area contributed by atoms with Gasteiger partial charge in [0.15, 0.2) is 0 Å². The van der Waals surface area contributed by atoms with Crippen molar-refractivity contribution < 1.29 is 4.74 Å². The van der Waals surface area contributed by atoms with Crippen LogP contribution in [-0.4, -0.2) is 12.2 Å². The average molecular weight is 283 g/mol. The van der Waals surface area contributed by atoms with Crippen molar-refractivity contribution in [3.63, 3.8) is 0 Å². The lowest BCUT2D eigenvalue weighted by atomic mass is 9.95. The Kier molecular flexibility index (Phi) is 10.4. The molecule has 0 aromatic heterocycles. The molecular formula is C19H38O. The third-order valence-corrected chi connectivity index (χ3v) is 4.77. The second-order valence-corrected chi connectivity index (χ2v) is 6.86. The van der Waals surface area contributed by atoms with Gasteiger partial charge < -0.3 is 4.74 Å². The summed E-state index contributed by atoms with van der Waals surface area (Å²) in [6, 6.07) is 0. The van der Waals surface area contributed by atoms with E-state index in [0.29, 0.717) is 5.60 Å². The normalized spacial score (nSPS) is 21.3. The zero-order valence-electron chi connectivity index (χ0n) is 14.2. The van der Waals surface area contributed by atoms with Crippen LogP contribution in [0.2, 0.25) is 0 Å². The molecule has 0 saturated carbocycles. The quantitative estimate of drug-likeness (QED) is 0.242. The molecule has 0 aromatic rings. The van der Waals surface area contributed by atoms with Crippen molar-refractivity contribution in [2.24, 2.45) is 0 Å². The van der Waals surface area contributed by atoms with Crippen LogP contribution in [0.25, 0.3) is 0 Å². The molecule has 1 heteroatoms. The maximum atomic E-state index is 5.69. The van der Waals surface area contributed by atoms with Gasteiger partial charge >= 0.3 is 0 Å². The van der Waals surface area contributed by atoms with Crippen LogP contribution in [0.1, 0.15) is 110 Å². The Balaban J connectivity index is 1.77. The molecule has 0 radical (unpaired) electrons. The SMILES string of the molecule is CCCCCCCCCCCCCC1(CCCC)CO1. The van der Waals surface area contributed by atoms with Gasteiger partial charge in [-0.25, -0.2) is 0 Å². The average Bonchev–Trinajstić information content (AvgIpc) is 3.23. The molecule has 0 spiro atoms. The number of ether oxygens (including phenoxy) is 1. The summed E-state index contributed by atoms with van der Waals surface area (Å²) >= 11 is 0. The van der Waals surface area contributed by atoms with E-state index >= 15 is 0 Å². The minimum atomic E-state index is 0.343. The van der Waals surface area contributed by atoms with Gasteiger partial charge in [-0.1, -0.05) is 97.3 Å². The maximum Gasteiger partial charge on any atom is 0.0916 e. The van der Waals surface area contributed by atoms with Gasteiger partial charge in [-0.15, -0.1) is 0 Å². The van der Waals surface area contributed by atoms with Crippen molar-refractivity contribution in [2.75, 3.05) is 6.61 Å². The van der Waals surface area contributed by atoms with E-state index in [1.165, 1.54) is 96.3 Å². The van der Waals surface area contributed by atoms with Crippen molar-refractivity contribution in [1.29, 1.82) is 0 Å². The highest BCUT2D eigenvalue weighted by Gasteiger charge is 2.42. The highest BCUT2D eigenvalue weighted by Crippen LogP contribution is 2.37. The zero-order chi connectivity index (χ0) is 14.5. The van der Waals surface area contributed by atoms with E-state index in [2.05, 4.69) is 13.8 Å². The Morgan fingerprint density at radius 2 is 1.00 bits per heavy atom. The van der Waals surface area contributed by atoms with E-state index in [1.54, 1.807) is 0 Å². The first-order valence-electron chi connectivity index (χ1n) is 9.47. The van der Waals surface area contributed by atoms with Gasteiger partial charge in [0.25, 0.3) is 0 Å². The number of rotatable bonds is 15. The summed E-state index contributed by atoms with van der Waals surface area (Å²) in [6.45, 7) is 5.61. The van der Waals surface area contributed by atoms with Crippen LogP contribution in [-0.2, 0) is 4.74 Å². The molecular weight excluding hydrogens is 244 g/mol. The Morgan fingerprint density at radius 1 is 0.600 bits per heavy atom. The Morgan fingerprint density at radius 3 is 1.45 bits per heavy atom. The van der Waals surface area contributed by atoms with E-state index in [0.717, 1.165) is 6.61 Å². The second kappa shape index (κ2) is 11.6. The summed E-state index contributed by atoms with van der Waals surface area (Å²) in [5.41, 5.74) is 0.343. The summed E-state index contributed by atoms with van der Waals surface area (Å²) in [7, 11) is 0. The third-order valence-electron chi connectivity index (χ3n) is 4.77. The van der Waals surface area contributed by atoms with Crippen molar-refractivity contribution in [2.45, 2.75) is 116 Å². The number of unbranched alkanes of at least 4 members (excludes halogenated alkanes) is 11. The molecule has 1 unspecified atom stereocenters. The number of epoxide rings is 1. The van der Waals surface area contributed by atoms with E-state index < -0.39 is 0 Å². The van der Waals surface area contributed by atoms with Crippen LogP contribution < -0.4 is 0 Å². The molecule has 1 fully saturated rings. The van der Waals surface area contributed by atoms with Crippen LogP contribution in [0.15, 0.2) is 0 Å². The molecule has 1 heterocycles. The van der Waals surface area contributed by atoms with E-state index in [1.807, 2.05) is 0 Å². The monoisotopic (exact) mass is 282 g/mol. The van der Waals surface area contributed by atoms with Gasteiger partial charge in [0.05, 0.1) is 12.2 Å². The summed E-state index contributed by atoms with van der Waals surface area (Å²) in [5.74, 6) is 0. The molecule has 0 aromatic carbocycles. The molecule has 1 saturated heterocycles. The van der Waals surface area contributed by atoms with Gasteiger partial charge in [0, 0.05) is 0 Å². The van der Waals surface area contributed by atoms with Crippen LogP contribution in [0.3, 0.4) is 0 Å². The molecule has 120 valence electrons. The van der Waals surface area contributed by atoms with Crippen LogP contribution >= 0.6 is 0 Å². The van der Waals surface area contributed by atoms with Crippen molar-refractivity contribution >= 4 is 0 Å². The van der Waals surface area contributed by atoms with Crippen molar-refractivity contribution in [1.82, 2.24) is 0 Å². The first kappa shape index (κ1) is 18.0. The largest absolute Gasteiger partial charge is 0.370 e. The fourth-order valence-electron chi connectivity index (χ4n) is 3.13. The summed E-state index contributed by atoms with van der Waals surface area (Å²) in [6.07, 6.45) is 21.1. The highest BCUT2D eigenvalue weighted by molar-refractivity contribution is 4.91. The maximum absolute atomic E-state index is 5.69. The van der Waals surface area contributed by atoms with Gasteiger partial charge in [0.2, 0.25) is 0 Å². The smallest absolute Gasteiger partial charge is 0.0916 e. The lowest BCUT2D eigenvalue weighted by molar-refractivity contribution is 0.262. The Hall–Kier alpha value is -0.0400. The predicted molar refractivity (Wildman–Crippen MR) is 89.3 cm³/mol. The van der Waals surface area contributed by atoms with Gasteiger partial charge in [-0.3, -0.25) is 0 Å². The lowest BCUT2D eigenvalue weighted by Gasteiger charge is -2.10. The molecule has 1 atom stereocenters. The van der Waals surface area contributed by atoms with Gasteiger partial charge in [-0.2, -0.15) is 0 Å². The minimum absolute atomic E-state index is 0.343. The second-order valence-electron chi connectivity index (χ2n) is 6.86. The third kappa shape index (κ3) is 9.00. The molecule has 1 rings (SSSR count). The molecule has 20 heavy (non-hydrogen) atoms. The van der Waals surface area contributed by atoms with Crippen LogP contribution in [0, 0.1) is 0 Å². The van der Waals surface area contributed by atoms with Crippen LogP contribution in [0.4, 0.5) is 0 Å². The van der Waals surface area contributed by atoms with Gasteiger partial charge in [-0.05, 0) is 12.8 Å². The number of hydrogen-bond acceptors (Lipinski definition) is 1. The molecule has 0 N–H and O–H groups in total. The zero-order valence-corrected chi connectivity index (χ0v) is 14.2. The van der Waals surface area contributed by atoms with Gasteiger partial charge in [0.1, 0.15) is 0 Å². The fraction of sp³-hybridized carbons (Fsp3) is 1.00. The molecule has 1 aliphatic rings. The first-order chi connectivity index (χ1) is 9.83. The van der Waals surface area contributed by atoms with Crippen LogP contribution in [0.5, 0.6) is 0 Å². The predicted octanol–water partition coefficient (Wildman–Crippen LogP) is 6.65. The van der Waals surface area contributed by atoms with Crippen molar-refractivity contribution in [3.8, 4) is 0 Å². The van der Waals surface area contributed by atoms with E-state index in [4.69, 9.17) is 4.74 Å². The molecule has 0 amide bonds. The topological polar surface area (TPSA) is 12.5 Å². The number of hydrogen-bond donors (Lipinski definition) is 0. The summed E-state index contributed by atoms with van der Waals surface area (Å²) < 4.78 is 5.69. The molecule has 0 aliphatic carbocycles. The minimum Gasteiger partial charge on any atom is -0.370 e. The standard InChI is InChI=1S/C19H38O/c1-3-5-7-8-9-10-11-12-13-14-15-17-19(18-20-19)16-6-4-2/h3-18H2,1-2H3. The summed E-state index contributed by atoms with van der Waals surface area (Å²) in [4.78, 5) is 0. The Bertz CT molecular complexity index is 208. The van der Waals surface area contributed by atoms with E-state index in [9.17, 15) is 0 Å². The highest BCUT2D eigenvalue weighted by atomic mass is 16.6. The molecule has 0 bridgehead atoms. The fourth-order valence-corrected chi connectivity index (χ4v) is 3.13. The van der Waals surface area contributed by atoms with Crippen molar-refractivity contribution in [3.05, 3.63) is 0 Å². The van der Waals surface area contributed by atoms with E-state index in [-0.39, 0.29) is 0 Å². The molecule has 1 aliphatic heterocycles.